The van der Waals surface area contributed by atoms with Crippen molar-refractivity contribution >= 4 is 11.5 Å². The summed E-state index contributed by atoms with van der Waals surface area (Å²) < 4.78 is 5.74. The van der Waals surface area contributed by atoms with Gasteiger partial charge in [0.25, 0.3) is 0 Å². The van der Waals surface area contributed by atoms with E-state index >= 15 is 0 Å². The van der Waals surface area contributed by atoms with Crippen molar-refractivity contribution in [2.24, 2.45) is 0 Å². The van der Waals surface area contributed by atoms with Crippen molar-refractivity contribution in [3.63, 3.8) is 0 Å². The van der Waals surface area contributed by atoms with Crippen molar-refractivity contribution in [2.45, 2.75) is 13.0 Å². The zero-order valence-corrected chi connectivity index (χ0v) is 10.6. The van der Waals surface area contributed by atoms with E-state index in [0.717, 1.165) is 35.8 Å². The molecule has 4 heteroatoms. The summed E-state index contributed by atoms with van der Waals surface area (Å²) in [5.74, 6) is 1.68. The van der Waals surface area contributed by atoms with Gasteiger partial charge in [0.1, 0.15) is 11.6 Å². The Morgan fingerprint density at radius 2 is 2.11 bits per heavy atom. The van der Waals surface area contributed by atoms with E-state index < -0.39 is 0 Å². The number of ether oxygens (including phenoxy) is 1. The molecule has 0 aliphatic carbocycles. The molecule has 98 valence electrons. The molecule has 0 atom stereocenters. The predicted molar refractivity (Wildman–Crippen MR) is 73.7 cm³/mol. The first-order valence-electron chi connectivity index (χ1n) is 6.44. The van der Waals surface area contributed by atoms with Gasteiger partial charge in [-0.1, -0.05) is 18.2 Å². The standard InChI is InChI=1S/C15H16N2O2/c18-11-12-5-3-8-16-15(12)17-9-4-10-19-14-7-2-1-6-13(14)17/h1-3,5-8,18H,4,9-11H2. The minimum absolute atomic E-state index is 0.0112. The minimum atomic E-state index is -0.0112. The largest absolute Gasteiger partial charge is 0.491 e. The van der Waals surface area contributed by atoms with Gasteiger partial charge in [-0.25, -0.2) is 4.98 Å². The van der Waals surface area contributed by atoms with Crippen LogP contribution >= 0.6 is 0 Å². The van der Waals surface area contributed by atoms with Crippen LogP contribution in [0.2, 0.25) is 0 Å². The van der Waals surface area contributed by atoms with Crippen LogP contribution in [-0.2, 0) is 6.61 Å². The van der Waals surface area contributed by atoms with Gasteiger partial charge in [-0.05, 0) is 24.6 Å². The first-order valence-corrected chi connectivity index (χ1v) is 6.44. The third kappa shape index (κ3) is 2.27. The lowest BCUT2D eigenvalue weighted by atomic mass is 10.2. The SMILES string of the molecule is OCc1cccnc1N1CCCOc2ccccc21. The Labute approximate surface area is 112 Å². The molecule has 1 N–H and O–H groups in total. The predicted octanol–water partition coefficient (Wildman–Crippen LogP) is 2.49. The van der Waals surface area contributed by atoms with E-state index in [-0.39, 0.29) is 6.61 Å². The molecule has 0 amide bonds. The fourth-order valence-electron chi connectivity index (χ4n) is 2.34. The maximum absolute atomic E-state index is 9.47. The van der Waals surface area contributed by atoms with Crippen molar-refractivity contribution in [2.75, 3.05) is 18.1 Å². The molecule has 3 rings (SSSR count). The van der Waals surface area contributed by atoms with Crippen molar-refractivity contribution < 1.29 is 9.84 Å². The van der Waals surface area contributed by atoms with Gasteiger partial charge in [-0.2, -0.15) is 0 Å². The Kier molecular flexibility index (Phi) is 3.33. The summed E-state index contributed by atoms with van der Waals surface area (Å²) in [6.45, 7) is 1.53. The molecule has 4 nitrogen and oxygen atoms in total. The Balaban J connectivity index is 2.09. The van der Waals surface area contributed by atoms with E-state index in [4.69, 9.17) is 4.74 Å². The summed E-state index contributed by atoms with van der Waals surface area (Å²) in [5.41, 5.74) is 1.84. The summed E-state index contributed by atoms with van der Waals surface area (Å²) in [5, 5.41) is 9.47. The van der Waals surface area contributed by atoms with Crippen LogP contribution in [0.15, 0.2) is 42.6 Å². The molecule has 0 unspecified atom stereocenters. The lowest BCUT2D eigenvalue weighted by molar-refractivity contribution is 0.281. The zero-order chi connectivity index (χ0) is 13.1. The summed E-state index contributed by atoms with van der Waals surface area (Å²) >= 11 is 0. The number of aliphatic hydroxyl groups is 1. The number of benzene rings is 1. The smallest absolute Gasteiger partial charge is 0.142 e. The van der Waals surface area contributed by atoms with Gasteiger partial charge >= 0.3 is 0 Å². The molecule has 2 heterocycles. The number of rotatable bonds is 2. The average molecular weight is 256 g/mol. The molecule has 0 bridgehead atoms. The molecule has 0 fully saturated rings. The molecular weight excluding hydrogens is 240 g/mol. The van der Waals surface area contributed by atoms with Gasteiger partial charge in [0, 0.05) is 18.3 Å². The monoisotopic (exact) mass is 256 g/mol. The van der Waals surface area contributed by atoms with Gasteiger partial charge < -0.3 is 14.7 Å². The summed E-state index contributed by atoms with van der Waals surface area (Å²) in [7, 11) is 0. The molecule has 0 spiro atoms. The third-order valence-corrected chi connectivity index (χ3v) is 3.23. The summed E-state index contributed by atoms with van der Waals surface area (Å²) in [6, 6.07) is 11.7. The molecule has 0 saturated heterocycles. The number of aromatic nitrogens is 1. The minimum Gasteiger partial charge on any atom is -0.491 e. The van der Waals surface area contributed by atoms with Crippen molar-refractivity contribution in [1.82, 2.24) is 4.98 Å². The van der Waals surface area contributed by atoms with Crippen LogP contribution in [0, 0.1) is 0 Å². The van der Waals surface area contributed by atoms with E-state index in [9.17, 15) is 5.11 Å². The highest BCUT2D eigenvalue weighted by molar-refractivity contribution is 5.69. The quantitative estimate of drug-likeness (QED) is 0.896. The molecule has 2 aromatic rings. The first-order chi connectivity index (χ1) is 9.40. The van der Waals surface area contributed by atoms with Crippen LogP contribution in [0.25, 0.3) is 0 Å². The number of hydrogen-bond donors (Lipinski definition) is 1. The zero-order valence-electron chi connectivity index (χ0n) is 10.6. The van der Waals surface area contributed by atoms with Crippen LogP contribution < -0.4 is 9.64 Å². The highest BCUT2D eigenvalue weighted by atomic mass is 16.5. The lowest BCUT2D eigenvalue weighted by Gasteiger charge is -2.24. The summed E-state index contributed by atoms with van der Waals surface area (Å²) in [4.78, 5) is 6.54. The number of hydrogen-bond acceptors (Lipinski definition) is 4. The van der Waals surface area contributed by atoms with Crippen LogP contribution in [0.4, 0.5) is 11.5 Å². The number of aliphatic hydroxyl groups excluding tert-OH is 1. The second-order valence-corrected chi connectivity index (χ2v) is 4.47. The van der Waals surface area contributed by atoms with E-state index in [1.54, 1.807) is 6.20 Å². The van der Waals surface area contributed by atoms with Gasteiger partial charge in [0.2, 0.25) is 0 Å². The molecule has 1 aromatic carbocycles. The molecular formula is C15H16N2O2. The number of fused-ring (bicyclic) bond motifs is 1. The molecule has 1 aliphatic rings. The second kappa shape index (κ2) is 5.28. The normalized spacial score (nSPS) is 14.5. The fourth-order valence-corrected chi connectivity index (χ4v) is 2.34. The Hall–Kier alpha value is -2.07. The maximum atomic E-state index is 9.47. The van der Waals surface area contributed by atoms with Crippen LogP contribution in [0.1, 0.15) is 12.0 Å². The number of pyridine rings is 1. The Morgan fingerprint density at radius 1 is 1.21 bits per heavy atom. The third-order valence-electron chi connectivity index (χ3n) is 3.23. The van der Waals surface area contributed by atoms with Crippen molar-refractivity contribution in [3.05, 3.63) is 48.2 Å². The van der Waals surface area contributed by atoms with Crippen molar-refractivity contribution in [3.8, 4) is 5.75 Å². The topological polar surface area (TPSA) is 45.6 Å². The summed E-state index contributed by atoms with van der Waals surface area (Å²) in [6.07, 6.45) is 2.68. The van der Waals surface area contributed by atoms with Crippen LogP contribution in [-0.4, -0.2) is 23.2 Å². The van der Waals surface area contributed by atoms with Gasteiger partial charge in [0.05, 0.1) is 18.9 Å². The highest BCUT2D eigenvalue weighted by Gasteiger charge is 2.20. The fraction of sp³-hybridized carbons (Fsp3) is 0.267. The van der Waals surface area contributed by atoms with E-state index in [2.05, 4.69) is 9.88 Å². The van der Waals surface area contributed by atoms with Crippen LogP contribution in [0.5, 0.6) is 5.75 Å². The second-order valence-electron chi connectivity index (χ2n) is 4.47. The van der Waals surface area contributed by atoms with Gasteiger partial charge in [-0.15, -0.1) is 0 Å². The molecule has 19 heavy (non-hydrogen) atoms. The van der Waals surface area contributed by atoms with Gasteiger partial charge in [-0.3, -0.25) is 0 Å². The number of nitrogens with zero attached hydrogens (tertiary/aromatic N) is 2. The lowest BCUT2D eigenvalue weighted by Crippen LogP contribution is -2.20. The Bertz CT molecular complexity index is 572. The van der Waals surface area contributed by atoms with E-state index in [0.29, 0.717) is 6.61 Å². The average Bonchev–Trinajstić information content (AvgIpc) is 2.69. The van der Waals surface area contributed by atoms with Crippen molar-refractivity contribution in [1.29, 1.82) is 0 Å². The Morgan fingerprint density at radius 3 is 3.00 bits per heavy atom. The first kappa shape index (κ1) is 12.0. The molecule has 0 radical (unpaired) electrons. The molecule has 1 aliphatic heterocycles. The van der Waals surface area contributed by atoms with E-state index in [1.165, 1.54) is 0 Å². The maximum Gasteiger partial charge on any atom is 0.142 e. The number of para-hydroxylation sites is 2. The van der Waals surface area contributed by atoms with Gasteiger partial charge in [0.15, 0.2) is 0 Å². The highest BCUT2D eigenvalue weighted by Crippen LogP contribution is 2.36. The number of anilines is 2. The molecule has 1 aromatic heterocycles. The van der Waals surface area contributed by atoms with E-state index in [1.807, 2.05) is 36.4 Å². The molecule has 0 saturated carbocycles. The van der Waals surface area contributed by atoms with Crippen LogP contribution in [0.3, 0.4) is 0 Å².